The monoisotopic (exact) mass is 413 g/mol. The van der Waals surface area contributed by atoms with Gasteiger partial charge in [-0.3, -0.25) is 4.79 Å². The number of nitrogens with two attached hydrogens (primary N) is 1. The number of methoxy groups -OCH3 is 1. The Bertz CT molecular complexity index is 604. The molecule has 0 amide bonds. The summed E-state index contributed by atoms with van der Waals surface area (Å²) < 4.78 is 23.9. The van der Waals surface area contributed by atoms with E-state index in [1.54, 1.807) is 18.9 Å². The highest BCUT2D eigenvalue weighted by atomic mass is 32.2. The molecule has 0 bridgehead atoms. The Kier molecular flexibility index (Phi) is 6.82. The van der Waals surface area contributed by atoms with Crippen molar-refractivity contribution in [3.8, 4) is 0 Å². The number of carbonyl (C=O) groups is 1. The Hall–Kier alpha value is -0.600. The zero-order valence-electron chi connectivity index (χ0n) is 17.7. The van der Waals surface area contributed by atoms with Crippen LogP contribution in [-0.4, -0.2) is 67.3 Å². The van der Waals surface area contributed by atoms with Gasteiger partial charge in [0.15, 0.2) is 0 Å². The normalized spacial score (nSPS) is 40.1. The highest BCUT2D eigenvalue weighted by Gasteiger charge is 2.72. The molecule has 1 aliphatic carbocycles. The molecule has 160 valence electrons. The van der Waals surface area contributed by atoms with Crippen molar-refractivity contribution in [3.63, 3.8) is 0 Å². The van der Waals surface area contributed by atoms with E-state index in [1.807, 2.05) is 6.26 Å². The van der Waals surface area contributed by atoms with Crippen LogP contribution in [0, 0.1) is 5.92 Å². The van der Waals surface area contributed by atoms with Gasteiger partial charge in [0, 0.05) is 7.11 Å². The maximum Gasteiger partial charge on any atom is 0.323 e. The molecular weight excluding hydrogens is 378 g/mol. The third kappa shape index (κ3) is 4.43. The van der Waals surface area contributed by atoms with Crippen LogP contribution < -0.4 is 5.73 Å². The van der Waals surface area contributed by atoms with Gasteiger partial charge in [0.2, 0.25) is 0 Å². The van der Waals surface area contributed by atoms with E-state index in [9.17, 15) is 4.79 Å². The van der Waals surface area contributed by atoms with Gasteiger partial charge in [0.25, 0.3) is 0 Å². The van der Waals surface area contributed by atoms with Gasteiger partial charge in [-0.1, -0.05) is 11.6 Å². The molecule has 28 heavy (non-hydrogen) atoms. The molecule has 0 aromatic heterocycles. The van der Waals surface area contributed by atoms with Gasteiger partial charge in [-0.2, -0.15) is 11.8 Å². The maximum atomic E-state index is 12.5. The Morgan fingerprint density at radius 1 is 1.43 bits per heavy atom. The molecule has 7 heteroatoms. The fourth-order valence-corrected chi connectivity index (χ4v) is 5.16. The van der Waals surface area contributed by atoms with E-state index in [1.165, 1.54) is 5.57 Å². The minimum atomic E-state index is -0.588. The molecule has 0 aromatic carbocycles. The predicted octanol–water partition coefficient (Wildman–Crippen LogP) is 2.69. The van der Waals surface area contributed by atoms with Crippen LogP contribution >= 0.6 is 11.8 Å². The standard InChI is InChI=1S/C21H35NO5S/c1-13(2)6-7-16-20(3,27-16)18-17(24-4)15(8-10-21(18)12-25-21)26-19(23)14(22)9-11-28-5/h6,14-18H,7-12,22H2,1-5H3/t14?,15?,16-,17-,18?,20?,21+/m1/s1. The molecule has 2 aliphatic heterocycles. The fourth-order valence-electron chi connectivity index (χ4n) is 4.67. The van der Waals surface area contributed by atoms with Crippen molar-refractivity contribution >= 4 is 17.7 Å². The summed E-state index contributed by atoms with van der Waals surface area (Å²) in [7, 11) is 1.68. The summed E-state index contributed by atoms with van der Waals surface area (Å²) in [6.45, 7) is 7.06. The largest absolute Gasteiger partial charge is 0.458 e. The van der Waals surface area contributed by atoms with E-state index in [2.05, 4.69) is 26.8 Å². The first kappa shape index (κ1) is 22.1. The van der Waals surface area contributed by atoms with Gasteiger partial charge in [0.1, 0.15) is 29.5 Å². The second-order valence-corrected chi connectivity index (χ2v) is 9.73. The van der Waals surface area contributed by atoms with Crippen molar-refractivity contribution in [3.05, 3.63) is 11.6 Å². The number of hydrogen-bond donors (Lipinski definition) is 1. The van der Waals surface area contributed by atoms with Gasteiger partial charge in [-0.15, -0.1) is 0 Å². The molecule has 3 rings (SSSR count). The lowest BCUT2D eigenvalue weighted by molar-refractivity contribution is -0.173. The molecule has 3 fully saturated rings. The van der Waals surface area contributed by atoms with E-state index in [0.29, 0.717) is 6.42 Å². The molecule has 4 unspecified atom stereocenters. The smallest absolute Gasteiger partial charge is 0.323 e. The number of thioether (sulfide) groups is 1. The molecule has 7 atom stereocenters. The second kappa shape index (κ2) is 8.64. The number of rotatable bonds is 9. The number of carbonyl (C=O) groups excluding carboxylic acids is 1. The Morgan fingerprint density at radius 3 is 2.71 bits per heavy atom. The molecule has 3 aliphatic rings. The first-order valence-electron chi connectivity index (χ1n) is 10.2. The van der Waals surface area contributed by atoms with Gasteiger partial charge < -0.3 is 24.7 Å². The Balaban J connectivity index is 1.70. The molecule has 2 N–H and O–H groups in total. The molecule has 0 radical (unpaired) electrons. The molecule has 1 spiro atoms. The van der Waals surface area contributed by atoms with E-state index >= 15 is 0 Å². The van der Waals surface area contributed by atoms with Gasteiger partial charge in [-0.05, 0) is 58.5 Å². The van der Waals surface area contributed by atoms with E-state index in [4.69, 9.17) is 24.7 Å². The van der Waals surface area contributed by atoms with Crippen LogP contribution in [0.3, 0.4) is 0 Å². The SMILES string of the molecule is CO[C@@H]1C(OC(=O)C(N)CCSC)CC[C@]2(CO2)C1C1(C)O[C@@H]1CC=C(C)C. The lowest BCUT2D eigenvalue weighted by atomic mass is 9.68. The van der Waals surface area contributed by atoms with Crippen LogP contribution in [0.1, 0.15) is 46.5 Å². The summed E-state index contributed by atoms with van der Waals surface area (Å²) >= 11 is 1.68. The van der Waals surface area contributed by atoms with Crippen LogP contribution in [0.5, 0.6) is 0 Å². The summed E-state index contributed by atoms with van der Waals surface area (Å²) in [5, 5.41) is 0. The van der Waals surface area contributed by atoms with Crippen molar-refractivity contribution in [1.82, 2.24) is 0 Å². The average molecular weight is 414 g/mol. The van der Waals surface area contributed by atoms with Gasteiger partial charge in [0.05, 0.1) is 18.6 Å². The van der Waals surface area contributed by atoms with Crippen molar-refractivity contribution < 1.29 is 23.7 Å². The Morgan fingerprint density at radius 2 is 2.14 bits per heavy atom. The number of allylic oxidation sites excluding steroid dienone is 1. The summed E-state index contributed by atoms with van der Waals surface area (Å²) in [5.41, 5.74) is 6.76. The first-order valence-corrected chi connectivity index (χ1v) is 11.6. The van der Waals surface area contributed by atoms with Crippen LogP contribution in [0.15, 0.2) is 11.6 Å². The van der Waals surface area contributed by atoms with Crippen molar-refractivity contribution in [2.75, 3.05) is 25.7 Å². The summed E-state index contributed by atoms with van der Waals surface area (Å²) in [6.07, 6.45) is 6.86. The van der Waals surface area contributed by atoms with Crippen molar-refractivity contribution in [2.45, 2.75) is 82.0 Å². The predicted molar refractivity (Wildman–Crippen MR) is 110 cm³/mol. The summed E-state index contributed by atoms with van der Waals surface area (Å²) in [5.74, 6) is 0.539. The van der Waals surface area contributed by atoms with Crippen LogP contribution in [0.25, 0.3) is 0 Å². The van der Waals surface area contributed by atoms with Crippen LogP contribution in [0.4, 0.5) is 0 Å². The number of esters is 1. The van der Waals surface area contributed by atoms with Crippen LogP contribution in [-0.2, 0) is 23.7 Å². The third-order valence-corrected chi connectivity index (χ3v) is 7.08. The molecule has 2 heterocycles. The molecule has 2 saturated heterocycles. The first-order chi connectivity index (χ1) is 13.3. The molecule has 6 nitrogen and oxygen atoms in total. The zero-order valence-corrected chi connectivity index (χ0v) is 18.6. The van der Waals surface area contributed by atoms with Gasteiger partial charge in [-0.25, -0.2) is 0 Å². The lowest BCUT2D eigenvalue weighted by Crippen LogP contribution is -2.56. The summed E-state index contributed by atoms with van der Waals surface area (Å²) in [4.78, 5) is 12.5. The highest BCUT2D eigenvalue weighted by Crippen LogP contribution is 2.59. The number of hydrogen-bond acceptors (Lipinski definition) is 7. The Labute approximate surface area is 172 Å². The minimum Gasteiger partial charge on any atom is -0.458 e. The number of ether oxygens (including phenoxy) is 4. The van der Waals surface area contributed by atoms with Gasteiger partial charge >= 0.3 is 5.97 Å². The van der Waals surface area contributed by atoms with E-state index < -0.39 is 6.04 Å². The van der Waals surface area contributed by atoms with Crippen LogP contribution in [0.2, 0.25) is 0 Å². The minimum absolute atomic E-state index is 0.0366. The average Bonchev–Trinajstić information content (AvgIpc) is 3.57. The third-order valence-electron chi connectivity index (χ3n) is 6.44. The summed E-state index contributed by atoms with van der Waals surface area (Å²) in [6, 6.07) is -0.588. The highest BCUT2D eigenvalue weighted by molar-refractivity contribution is 7.98. The lowest BCUT2D eigenvalue weighted by Gasteiger charge is -2.42. The topological polar surface area (TPSA) is 86.6 Å². The van der Waals surface area contributed by atoms with E-state index in [0.717, 1.165) is 31.6 Å². The molecular formula is C21H35NO5S. The quantitative estimate of drug-likeness (QED) is 0.353. The van der Waals surface area contributed by atoms with E-state index in [-0.39, 0.29) is 41.4 Å². The van der Waals surface area contributed by atoms with Crippen molar-refractivity contribution in [1.29, 1.82) is 0 Å². The van der Waals surface area contributed by atoms with Crippen molar-refractivity contribution in [2.24, 2.45) is 11.7 Å². The molecule has 0 aromatic rings. The fraction of sp³-hybridized carbons (Fsp3) is 0.857. The second-order valence-electron chi connectivity index (χ2n) is 8.74. The maximum absolute atomic E-state index is 12.5. The number of epoxide rings is 2. The molecule has 1 saturated carbocycles. The zero-order chi connectivity index (χ0) is 20.5.